The fraction of sp³-hybridized carbons (Fsp3) is 0.750. The monoisotopic (exact) mass is 194 g/mol. The Kier molecular flexibility index (Phi) is 13.3. The van der Waals surface area contributed by atoms with Crippen LogP contribution in [0.1, 0.15) is 29.0 Å². The summed E-state index contributed by atoms with van der Waals surface area (Å²) in [6, 6.07) is 0.0318. The maximum absolute atomic E-state index is 9.89. The fourth-order valence-corrected chi connectivity index (χ4v) is 0.886. The van der Waals surface area contributed by atoms with Crippen LogP contribution in [0.3, 0.4) is 0 Å². The van der Waals surface area contributed by atoms with Gasteiger partial charge >= 0.3 is 23.1 Å². The molecule has 0 radical (unpaired) electrons. The van der Waals surface area contributed by atoms with Gasteiger partial charge in [-0.3, -0.25) is 0 Å². The quantitative estimate of drug-likeness (QED) is 0.275. The van der Waals surface area contributed by atoms with Crippen molar-refractivity contribution in [3.63, 3.8) is 0 Å². The van der Waals surface area contributed by atoms with Crippen LogP contribution in [-0.4, -0.2) is 47.8 Å². The van der Waals surface area contributed by atoms with Gasteiger partial charge in [0.25, 0.3) is 0 Å². The Morgan fingerprint density at radius 2 is 2.08 bits per heavy atom. The van der Waals surface area contributed by atoms with E-state index in [1.54, 1.807) is 0 Å². The maximum atomic E-state index is 9.89. The van der Waals surface area contributed by atoms with Crippen LogP contribution >= 0.6 is 0 Å². The van der Waals surface area contributed by atoms with Gasteiger partial charge < -0.3 is 2.85 Å². The second kappa shape index (κ2) is 11.5. The van der Waals surface area contributed by atoms with Crippen molar-refractivity contribution < 1.29 is 12.4 Å². The van der Waals surface area contributed by atoms with Crippen molar-refractivity contribution in [2.75, 3.05) is 6.54 Å². The molecule has 0 N–H and O–H groups in total. The van der Waals surface area contributed by atoms with Gasteiger partial charge in [0.15, 0.2) is 0 Å². The summed E-state index contributed by atoms with van der Waals surface area (Å²) in [7, 11) is 0. The maximum Gasteiger partial charge on any atom is 2.00 e. The van der Waals surface area contributed by atoms with Crippen LogP contribution in [-0.2, 0) is 9.59 Å². The van der Waals surface area contributed by atoms with Crippen LogP contribution in [0.5, 0.6) is 0 Å². The predicted octanol–water partition coefficient (Wildman–Crippen LogP) is 1.06. The molecule has 0 saturated heterocycles. The molecule has 0 bridgehead atoms. The zero-order chi connectivity index (χ0) is 9.23. The van der Waals surface area contributed by atoms with E-state index in [4.69, 9.17) is 0 Å². The molecule has 0 aromatic heterocycles. The number of carbonyl (C=O) groups excluding carboxylic acids is 2. The summed E-state index contributed by atoms with van der Waals surface area (Å²) in [4.78, 5) is 26.5. The Morgan fingerprint density at radius 1 is 1.38 bits per heavy atom. The Bertz CT molecular complexity index is 217. The molecule has 0 rings (SSSR count). The number of hydrogen-bond acceptors (Lipinski definition) is 4. The summed E-state index contributed by atoms with van der Waals surface area (Å²) < 4.78 is 0. The first-order valence-corrected chi connectivity index (χ1v) is 3.95. The number of nitrogens with zero attached hydrogens (tertiary/aromatic N) is 2. The fourth-order valence-electron chi connectivity index (χ4n) is 0.886. The molecular formula is C8H14MgN2O2. The van der Waals surface area contributed by atoms with Crippen molar-refractivity contribution in [3.05, 3.63) is 0 Å². The van der Waals surface area contributed by atoms with Crippen LogP contribution in [0.4, 0.5) is 0 Å². The van der Waals surface area contributed by atoms with Gasteiger partial charge in [-0.05, 0) is 19.3 Å². The minimum Gasteiger partial charge on any atom is -1.00 e. The normalized spacial score (nSPS) is 10.2. The van der Waals surface area contributed by atoms with Crippen molar-refractivity contribution in [2.45, 2.75) is 32.2 Å². The van der Waals surface area contributed by atoms with E-state index < -0.39 is 0 Å². The van der Waals surface area contributed by atoms with Gasteiger partial charge in [-0.25, -0.2) is 19.6 Å². The van der Waals surface area contributed by atoms with E-state index in [1.165, 1.54) is 12.2 Å². The summed E-state index contributed by atoms with van der Waals surface area (Å²) in [6.45, 7) is 2.42. The van der Waals surface area contributed by atoms with Crippen molar-refractivity contribution >= 4 is 35.2 Å². The molecule has 5 heteroatoms. The van der Waals surface area contributed by atoms with Gasteiger partial charge in [0, 0.05) is 0 Å². The molecule has 0 aliphatic heterocycles. The molecule has 4 nitrogen and oxygen atoms in total. The average molecular weight is 195 g/mol. The first kappa shape index (κ1) is 15.0. The van der Waals surface area contributed by atoms with E-state index in [0.29, 0.717) is 6.54 Å². The summed E-state index contributed by atoms with van der Waals surface area (Å²) in [5.74, 6) is 0. The number of isocyanates is 2. The zero-order valence-corrected chi connectivity index (χ0v) is 9.24. The molecule has 0 aromatic carbocycles. The molecule has 70 valence electrons. The van der Waals surface area contributed by atoms with Crippen LogP contribution in [0.25, 0.3) is 0 Å². The molecule has 0 amide bonds. The zero-order valence-electron chi connectivity index (χ0n) is 9.82. The third kappa shape index (κ3) is 9.44. The smallest absolute Gasteiger partial charge is 1.00 e. The Labute approximate surface area is 96.6 Å². The van der Waals surface area contributed by atoms with Gasteiger partial charge in [-0.1, -0.05) is 6.92 Å². The van der Waals surface area contributed by atoms with Crippen LogP contribution in [0.15, 0.2) is 9.98 Å². The summed E-state index contributed by atoms with van der Waals surface area (Å²) in [5, 5.41) is 0. The van der Waals surface area contributed by atoms with Gasteiger partial charge in [0.2, 0.25) is 12.2 Å². The Hall–Kier alpha value is -0.474. The van der Waals surface area contributed by atoms with Crippen LogP contribution in [0.2, 0.25) is 0 Å². The van der Waals surface area contributed by atoms with Crippen LogP contribution < -0.4 is 0 Å². The van der Waals surface area contributed by atoms with E-state index in [2.05, 4.69) is 9.98 Å². The molecule has 0 spiro atoms. The van der Waals surface area contributed by atoms with E-state index in [1.807, 2.05) is 6.92 Å². The number of rotatable bonds is 6. The van der Waals surface area contributed by atoms with Crippen molar-refractivity contribution in [2.24, 2.45) is 9.98 Å². The van der Waals surface area contributed by atoms with Gasteiger partial charge in [-0.2, -0.15) is 0 Å². The van der Waals surface area contributed by atoms with E-state index in [-0.39, 0.29) is 31.9 Å². The third-order valence-corrected chi connectivity index (χ3v) is 1.58. The molecule has 0 fully saturated rings. The number of hydrogen-bond donors (Lipinski definition) is 0. The minimum absolute atomic E-state index is 0. The Morgan fingerprint density at radius 3 is 2.54 bits per heavy atom. The molecule has 0 aromatic rings. The second-order valence-electron chi connectivity index (χ2n) is 2.40. The SMILES string of the molecule is CCC(CCCN=C=O)N=C=O.[H-].[H-].[Mg+2]. The molecule has 0 heterocycles. The number of aliphatic imine (C=N–C) groups is 2. The van der Waals surface area contributed by atoms with E-state index in [9.17, 15) is 9.59 Å². The largest absolute Gasteiger partial charge is 2.00 e. The molecule has 13 heavy (non-hydrogen) atoms. The third-order valence-electron chi connectivity index (χ3n) is 1.58. The van der Waals surface area contributed by atoms with Gasteiger partial charge in [0.1, 0.15) is 0 Å². The standard InChI is InChI=1S/C8H12N2O2.Mg.2H/c1-2-8(10-7-12)4-3-5-9-6-11;;;/h8H,2-5H2,1H3;;;/q;+2;2*-1. The summed E-state index contributed by atoms with van der Waals surface area (Å²) >= 11 is 0. The van der Waals surface area contributed by atoms with E-state index in [0.717, 1.165) is 19.3 Å². The molecule has 1 unspecified atom stereocenters. The topological polar surface area (TPSA) is 58.9 Å². The first-order chi connectivity index (χ1) is 5.85. The predicted molar refractivity (Wildman–Crippen MR) is 52.4 cm³/mol. The van der Waals surface area contributed by atoms with Gasteiger partial charge in [-0.15, -0.1) is 0 Å². The average Bonchev–Trinajstić information content (AvgIpc) is 2.10. The molecular weight excluding hydrogens is 180 g/mol. The summed E-state index contributed by atoms with van der Waals surface area (Å²) in [5.41, 5.74) is 0. The molecule has 0 aliphatic rings. The van der Waals surface area contributed by atoms with Crippen molar-refractivity contribution in [1.82, 2.24) is 0 Å². The van der Waals surface area contributed by atoms with E-state index >= 15 is 0 Å². The molecule has 1 atom stereocenters. The first-order valence-electron chi connectivity index (χ1n) is 3.95. The van der Waals surface area contributed by atoms with Gasteiger partial charge in [0.05, 0.1) is 12.6 Å². The van der Waals surface area contributed by atoms with Crippen LogP contribution in [0, 0.1) is 0 Å². The van der Waals surface area contributed by atoms with Crippen molar-refractivity contribution in [1.29, 1.82) is 0 Å². The summed E-state index contributed by atoms with van der Waals surface area (Å²) in [6.07, 6.45) is 5.34. The second-order valence-corrected chi connectivity index (χ2v) is 2.40. The molecule has 0 aliphatic carbocycles. The van der Waals surface area contributed by atoms with Crippen molar-refractivity contribution in [3.8, 4) is 0 Å². The minimum atomic E-state index is 0. The Balaban J connectivity index is -0.000000202. The molecule has 0 saturated carbocycles.